The predicted octanol–water partition coefficient (Wildman–Crippen LogP) is 4.62. The van der Waals surface area contributed by atoms with Crippen LogP contribution in [0.5, 0.6) is 11.5 Å². The topological polar surface area (TPSA) is 94.9 Å². The Morgan fingerprint density at radius 2 is 1.92 bits per heavy atom. The molecule has 0 unspecified atom stereocenters. The van der Waals surface area contributed by atoms with Crippen molar-refractivity contribution >= 4 is 27.4 Å². The summed E-state index contributed by atoms with van der Waals surface area (Å²) in [6, 6.07) is 7.52. The Labute approximate surface area is 215 Å². The van der Waals surface area contributed by atoms with Gasteiger partial charge in [-0.25, -0.2) is 0 Å². The molecule has 0 N–H and O–H groups in total. The van der Waals surface area contributed by atoms with Gasteiger partial charge in [0, 0.05) is 11.5 Å². The molecule has 0 saturated carbocycles. The zero-order valence-corrected chi connectivity index (χ0v) is 22.6. The number of carbonyl (C=O) groups excluding carboxylic acids is 2. The van der Waals surface area contributed by atoms with Crippen molar-refractivity contribution in [1.29, 1.82) is 5.26 Å². The third-order valence-electron chi connectivity index (χ3n) is 6.42. The highest BCUT2D eigenvalue weighted by Crippen LogP contribution is 2.42. The van der Waals surface area contributed by atoms with Gasteiger partial charge in [0.15, 0.2) is 17.3 Å². The first-order valence-electron chi connectivity index (χ1n) is 11.6. The van der Waals surface area contributed by atoms with Crippen molar-refractivity contribution in [3.8, 4) is 17.6 Å². The van der Waals surface area contributed by atoms with E-state index in [-0.39, 0.29) is 17.1 Å². The summed E-state index contributed by atoms with van der Waals surface area (Å²) in [7, 11) is 1.88. The van der Waals surface area contributed by atoms with Crippen LogP contribution in [0.3, 0.4) is 0 Å². The van der Waals surface area contributed by atoms with Gasteiger partial charge in [0.1, 0.15) is 11.8 Å². The third-order valence-corrected chi connectivity index (χ3v) is 6.84. The van der Waals surface area contributed by atoms with Gasteiger partial charge < -0.3 is 18.6 Å². The number of Topliss-reactive ketones (excluding diaryl/α,β-unsaturated/α-hetero) is 1. The molecule has 1 heterocycles. The highest BCUT2D eigenvalue weighted by Gasteiger charge is 2.52. The fourth-order valence-corrected chi connectivity index (χ4v) is 4.57. The summed E-state index contributed by atoms with van der Waals surface area (Å²) in [4.78, 5) is 25.7. The largest absolute Gasteiger partial charge is 0.539 e. The predicted molar refractivity (Wildman–Crippen MR) is 136 cm³/mol. The zero-order valence-electron chi connectivity index (χ0n) is 21.6. The molecule has 188 valence electrons. The lowest BCUT2D eigenvalue weighted by molar-refractivity contribution is -0.191. The molecule has 1 aromatic rings. The number of methoxy groups -OCH3 is 1. The van der Waals surface area contributed by atoms with E-state index in [1.807, 2.05) is 36.9 Å². The molecule has 1 aliphatic heterocycles. The number of ketones is 2. The molecule has 0 amide bonds. The van der Waals surface area contributed by atoms with Crippen molar-refractivity contribution in [2.45, 2.75) is 46.4 Å². The molecule has 1 aliphatic carbocycles. The van der Waals surface area contributed by atoms with Crippen molar-refractivity contribution in [3.05, 3.63) is 58.9 Å². The molecule has 8 heteroatoms. The average Bonchev–Trinajstić information content (AvgIpc) is 3.34. The number of carbonyl (C=O) groups is 2. The lowest BCUT2D eigenvalue weighted by Gasteiger charge is -2.37. The lowest BCUT2D eigenvalue weighted by atomic mass is 9.74. The summed E-state index contributed by atoms with van der Waals surface area (Å²) in [5, 5.41) is 9.31. The van der Waals surface area contributed by atoms with E-state index in [0.29, 0.717) is 46.5 Å². The Morgan fingerprint density at radius 1 is 1.22 bits per heavy atom. The molecule has 0 spiro atoms. The molecular weight excluding hydrogens is 474 g/mol. The second kappa shape index (κ2) is 10.8. The number of benzene rings is 1. The van der Waals surface area contributed by atoms with Crippen molar-refractivity contribution in [1.82, 2.24) is 0 Å². The van der Waals surface area contributed by atoms with Gasteiger partial charge in [-0.1, -0.05) is 26.0 Å². The number of ether oxygens (including phenoxy) is 3. The maximum Gasteiger partial charge on any atom is 0.307 e. The average molecular weight is 506 g/mol. The van der Waals surface area contributed by atoms with Crippen molar-refractivity contribution in [3.63, 3.8) is 0 Å². The number of allylic oxidation sites excluding steroid dienone is 3. The van der Waals surface area contributed by atoms with Gasteiger partial charge in [0.2, 0.25) is 5.79 Å². The number of nitrogens with zero attached hydrogens (tertiary/aromatic N) is 1. The van der Waals surface area contributed by atoms with E-state index in [2.05, 4.69) is 5.73 Å². The van der Waals surface area contributed by atoms with Crippen molar-refractivity contribution in [2.75, 3.05) is 20.3 Å². The Morgan fingerprint density at radius 3 is 2.53 bits per heavy atom. The summed E-state index contributed by atoms with van der Waals surface area (Å²) >= 11 is 0. The van der Waals surface area contributed by atoms with E-state index >= 15 is 0 Å². The lowest BCUT2D eigenvalue weighted by Crippen LogP contribution is -2.48. The highest BCUT2D eigenvalue weighted by atomic mass is 28.2. The van der Waals surface area contributed by atoms with Crippen LogP contribution in [0, 0.1) is 22.2 Å². The fourth-order valence-electron chi connectivity index (χ4n) is 4.18. The first kappa shape index (κ1) is 27.4. The Balaban J connectivity index is 1.92. The molecule has 1 aromatic carbocycles. The van der Waals surface area contributed by atoms with Crippen molar-refractivity contribution < 1.29 is 28.2 Å². The second-order valence-corrected chi connectivity index (χ2v) is 10.4. The van der Waals surface area contributed by atoms with Crippen LogP contribution >= 0.6 is 0 Å². The van der Waals surface area contributed by atoms with Crippen LogP contribution in [0.15, 0.2) is 53.3 Å². The van der Waals surface area contributed by atoms with Crippen LogP contribution in [-0.2, 0) is 19.1 Å². The SMILES string of the molecule is COc1cc(/C=C/C2(C(C)(C)C(=O)C=C=C3C=C(C#N)C(=O)C(C)(C)C3)OCCO2)ccc1O[Si]C. The molecule has 0 aromatic heterocycles. The molecule has 2 aliphatic rings. The fraction of sp³-hybridized carbons (Fsp3) is 0.429. The Bertz CT molecular complexity index is 1200. The number of hydrogen-bond donors (Lipinski definition) is 0. The first-order valence-corrected chi connectivity index (χ1v) is 13.1. The van der Waals surface area contributed by atoms with E-state index in [1.54, 1.807) is 40.9 Å². The van der Waals surface area contributed by atoms with Gasteiger partial charge in [0.05, 0.1) is 31.3 Å². The zero-order chi connectivity index (χ0) is 26.6. The van der Waals surface area contributed by atoms with Gasteiger partial charge in [-0.3, -0.25) is 9.59 Å². The Hall–Kier alpha value is -3.21. The molecule has 0 atom stereocenters. The van der Waals surface area contributed by atoms with E-state index in [0.717, 1.165) is 5.56 Å². The summed E-state index contributed by atoms with van der Waals surface area (Å²) in [5.74, 6) is -0.472. The maximum atomic E-state index is 13.4. The smallest absolute Gasteiger partial charge is 0.307 e. The van der Waals surface area contributed by atoms with Crippen LogP contribution in [0.4, 0.5) is 0 Å². The first-order chi connectivity index (χ1) is 17.0. The molecule has 1 saturated heterocycles. The molecule has 2 radical (unpaired) electrons. The van der Waals surface area contributed by atoms with E-state index in [4.69, 9.17) is 18.6 Å². The summed E-state index contributed by atoms with van der Waals surface area (Å²) in [5.41, 5.74) is 2.73. The van der Waals surface area contributed by atoms with Crippen LogP contribution in [-0.4, -0.2) is 47.4 Å². The molecule has 0 bridgehead atoms. The van der Waals surface area contributed by atoms with Crippen LogP contribution in [0.2, 0.25) is 6.55 Å². The highest BCUT2D eigenvalue weighted by molar-refractivity contribution is 6.26. The Kier molecular flexibility index (Phi) is 8.22. The van der Waals surface area contributed by atoms with E-state index in [1.165, 1.54) is 12.2 Å². The van der Waals surface area contributed by atoms with Crippen molar-refractivity contribution in [2.24, 2.45) is 10.8 Å². The number of rotatable bonds is 8. The summed E-state index contributed by atoms with van der Waals surface area (Å²) in [6.07, 6.45) is 6.84. The van der Waals surface area contributed by atoms with E-state index < -0.39 is 16.6 Å². The molecular formula is C28H31NO6Si. The minimum atomic E-state index is -1.28. The van der Waals surface area contributed by atoms with Crippen LogP contribution in [0.25, 0.3) is 6.08 Å². The second-order valence-electron chi connectivity index (χ2n) is 9.78. The normalized spacial score (nSPS) is 18.9. The quantitative estimate of drug-likeness (QED) is 0.289. The molecule has 36 heavy (non-hydrogen) atoms. The monoisotopic (exact) mass is 505 g/mol. The van der Waals surface area contributed by atoms with Crippen LogP contribution < -0.4 is 9.16 Å². The molecule has 3 rings (SSSR count). The minimum Gasteiger partial charge on any atom is -0.539 e. The van der Waals surface area contributed by atoms with Gasteiger partial charge >= 0.3 is 9.76 Å². The molecule has 1 fully saturated rings. The standard InChI is InChI=1S/C28H31NO6Si/c1-26(2)17-20(15-21(18-29)25(26)31)8-10-24(30)27(3,4)28(33-13-14-34-28)12-11-19-7-9-22(35-36-6)23(16-19)32-5/h7,9-12,15-16H,13-14,17H2,1-6H3/b12-11+. The number of hydrogen-bond acceptors (Lipinski definition) is 7. The van der Waals surface area contributed by atoms with Gasteiger partial charge in [-0.2, -0.15) is 5.26 Å². The van der Waals surface area contributed by atoms with Gasteiger partial charge in [-0.05, 0) is 62.2 Å². The summed E-state index contributed by atoms with van der Waals surface area (Å²) in [6.45, 7) is 9.72. The summed E-state index contributed by atoms with van der Waals surface area (Å²) < 4.78 is 23.0. The van der Waals surface area contributed by atoms with E-state index in [9.17, 15) is 14.9 Å². The van der Waals surface area contributed by atoms with Gasteiger partial charge in [0.25, 0.3) is 0 Å². The third kappa shape index (κ3) is 5.45. The van der Waals surface area contributed by atoms with Gasteiger partial charge in [-0.15, -0.1) is 5.73 Å². The minimum absolute atomic E-state index is 0.0713. The van der Waals surface area contributed by atoms with Crippen LogP contribution in [0.1, 0.15) is 39.7 Å². The maximum absolute atomic E-state index is 13.4. The number of nitriles is 1. The molecule has 7 nitrogen and oxygen atoms in total.